The third-order valence-electron chi connectivity index (χ3n) is 4.79. The van der Waals surface area contributed by atoms with Gasteiger partial charge >= 0.3 is 5.97 Å². The molecule has 0 radical (unpaired) electrons. The van der Waals surface area contributed by atoms with E-state index in [4.69, 9.17) is 4.74 Å². The van der Waals surface area contributed by atoms with Crippen molar-refractivity contribution in [2.45, 2.75) is 37.6 Å². The summed E-state index contributed by atoms with van der Waals surface area (Å²) in [6.07, 6.45) is 3.13. The molecule has 1 heterocycles. The Labute approximate surface area is 137 Å². The Hall–Kier alpha value is -1.56. The summed E-state index contributed by atoms with van der Waals surface area (Å²) in [6.45, 7) is 0. The summed E-state index contributed by atoms with van der Waals surface area (Å²) in [6, 6.07) is 8.33. The summed E-state index contributed by atoms with van der Waals surface area (Å²) in [5.41, 5.74) is 2.17. The van der Waals surface area contributed by atoms with Gasteiger partial charge in [-0.05, 0) is 49.3 Å². The van der Waals surface area contributed by atoms with Gasteiger partial charge in [0.25, 0.3) is 0 Å². The van der Waals surface area contributed by atoms with Crippen LogP contribution in [0.2, 0.25) is 0 Å². The number of benzene rings is 1. The van der Waals surface area contributed by atoms with Gasteiger partial charge in [0.15, 0.2) is 0 Å². The molecule has 3 atom stereocenters. The maximum absolute atomic E-state index is 11.6. The Morgan fingerprint density at radius 1 is 1.17 bits per heavy atom. The van der Waals surface area contributed by atoms with Gasteiger partial charge < -0.3 is 10.1 Å². The minimum atomic E-state index is -2.85. The largest absolute Gasteiger partial charge is 0.469 e. The van der Waals surface area contributed by atoms with Crippen LogP contribution in [-0.4, -0.2) is 39.0 Å². The molecular formula is C17H23NO4S. The zero-order chi connectivity index (χ0) is 16.4. The number of sulfone groups is 1. The van der Waals surface area contributed by atoms with Crippen molar-refractivity contribution < 1.29 is 17.9 Å². The highest BCUT2D eigenvalue weighted by atomic mass is 32.2. The van der Waals surface area contributed by atoms with Crippen LogP contribution in [0.15, 0.2) is 24.3 Å². The van der Waals surface area contributed by atoms with Crippen molar-refractivity contribution in [3.63, 3.8) is 0 Å². The van der Waals surface area contributed by atoms with Gasteiger partial charge in [0.2, 0.25) is 0 Å². The van der Waals surface area contributed by atoms with Gasteiger partial charge in [-0.15, -0.1) is 0 Å². The lowest BCUT2D eigenvalue weighted by Gasteiger charge is -2.17. The molecule has 1 unspecified atom stereocenters. The molecule has 1 aliphatic carbocycles. The second-order valence-electron chi connectivity index (χ2n) is 6.52. The van der Waals surface area contributed by atoms with Gasteiger partial charge in [-0.1, -0.05) is 12.1 Å². The van der Waals surface area contributed by atoms with Gasteiger partial charge in [-0.25, -0.2) is 8.42 Å². The second kappa shape index (κ2) is 6.51. The van der Waals surface area contributed by atoms with Crippen LogP contribution in [0, 0.1) is 5.92 Å². The summed E-state index contributed by atoms with van der Waals surface area (Å²) >= 11 is 0. The highest BCUT2D eigenvalue weighted by Crippen LogP contribution is 2.48. The molecule has 1 aromatic rings. The molecule has 0 amide bonds. The zero-order valence-electron chi connectivity index (χ0n) is 13.3. The van der Waals surface area contributed by atoms with Crippen molar-refractivity contribution in [1.82, 2.24) is 0 Å². The van der Waals surface area contributed by atoms with Crippen molar-refractivity contribution >= 4 is 21.5 Å². The third-order valence-corrected chi connectivity index (χ3v) is 6.56. The predicted octanol–water partition coefficient (Wildman–Crippen LogP) is 2.34. The molecule has 1 aliphatic heterocycles. The maximum Gasteiger partial charge on any atom is 0.309 e. The molecule has 6 heteroatoms. The number of methoxy groups -OCH3 is 1. The Morgan fingerprint density at radius 3 is 2.61 bits per heavy atom. The topological polar surface area (TPSA) is 72.5 Å². The maximum atomic E-state index is 11.6. The van der Waals surface area contributed by atoms with Gasteiger partial charge in [-0.2, -0.15) is 0 Å². The molecule has 23 heavy (non-hydrogen) atoms. The fourth-order valence-corrected chi connectivity index (χ4v) is 4.75. The van der Waals surface area contributed by atoms with E-state index in [1.54, 1.807) is 0 Å². The van der Waals surface area contributed by atoms with E-state index in [2.05, 4.69) is 5.32 Å². The average Bonchev–Trinajstić information content (AvgIpc) is 3.33. The number of hydrogen-bond acceptors (Lipinski definition) is 5. The first-order valence-corrected chi connectivity index (χ1v) is 9.95. The van der Waals surface area contributed by atoms with Crippen molar-refractivity contribution in [1.29, 1.82) is 0 Å². The standard InChI is InChI=1S/C17H23NO4S/c1-22-17(19)16-11-15(16)12-4-6-14(7-5-12)18-13-3-2-9-23(20,21)10-8-13/h4-7,13,15-16,18H,2-3,8-11H2,1H3/t13?,15-,16+/m0/s1. The number of anilines is 1. The lowest BCUT2D eigenvalue weighted by Crippen LogP contribution is -2.20. The molecule has 0 bridgehead atoms. The summed E-state index contributed by atoms with van der Waals surface area (Å²) < 4.78 is 28.1. The first kappa shape index (κ1) is 16.3. The van der Waals surface area contributed by atoms with Crippen LogP contribution >= 0.6 is 0 Å². The smallest absolute Gasteiger partial charge is 0.309 e. The molecular weight excluding hydrogens is 314 g/mol. The van der Waals surface area contributed by atoms with Crippen LogP contribution in [0.1, 0.15) is 37.2 Å². The Kier molecular flexibility index (Phi) is 4.62. The summed E-state index contributed by atoms with van der Waals surface area (Å²) in [7, 11) is -1.43. The fraction of sp³-hybridized carbons (Fsp3) is 0.588. The molecule has 5 nitrogen and oxygen atoms in total. The predicted molar refractivity (Wildman–Crippen MR) is 89.2 cm³/mol. The van der Waals surface area contributed by atoms with Gasteiger partial charge in [-0.3, -0.25) is 4.79 Å². The van der Waals surface area contributed by atoms with Crippen molar-refractivity contribution in [3.05, 3.63) is 29.8 Å². The highest BCUT2D eigenvalue weighted by molar-refractivity contribution is 7.91. The third kappa shape index (κ3) is 4.05. The van der Waals surface area contributed by atoms with E-state index in [1.165, 1.54) is 7.11 Å². The minimum absolute atomic E-state index is 0.00544. The molecule has 2 aliphatic rings. The van der Waals surface area contributed by atoms with Crippen LogP contribution in [0.4, 0.5) is 5.69 Å². The molecule has 1 saturated heterocycles. The lowest BCUT2D eigenvalue weighted by molar-refractivity contribution is -0.142. The molecule has 3 rings (SSSR count). The molecule has 1 saturated carbocycles. The van der Waals surface area contributed by atoms with Crippen LogP contribution < -0.4 is 5.32 Å². The number of nitrogens with one attached hydrogen (secondary N) is 1. The summed E-state index contributed by atoms with van der Waals surface area (Å²) in [5.74, 6) is 0.731. The molecule has 1 N–H and O–H groups in total. The number of ether oxygens (including phenoxy) is 1. The number of esters is 1. The summed E-state index contributed by atoms with van der Waals surface area (Å²) in [5, 5.41) is 3.43. The monoisotopic (exact) mass is 337 g/mol. The van der Waals surface area contributed by atoms with Crippen LogP contribution in [0.25, 0.3) is 0 Å². The van der Waals surface area contributed by atoms with Crippen molar-refractivity contribution in [2.24, 2.45) is 5.92 Å². The zero-order valence-corrected chi connectivity index (χ0v) is 14.1. The van der Waals surface area contributed by atoms with Gasteiger partial charge in [0, 0.05) is 11.7 Å². The van der Waals surface area contributed by atoms with E-state index < -0.39 is 9.84 Å². The van der Waals surface area contributed by atoms with E-state index in [9.17, 15) is 13.2 Å². The number of carbonyl (C=O) groups is 1. The quantitative estimate of drug-likeness (QED) is 0.854. The van der Waals surface area contributed by atoms with Crippen molar-refractivity contribution in [2.75, 3.05) is 23.9 Å². The Balaban J connectivity index is 1.57. The summed E-state index contributed by atoms with van der Waals surface area (Å²) in [4.78, 5) is 11.5. The van der Waals surface area contributed by atoms with Gasteiger partial charge in [0.1, 0.15) is 9.84 Å². The highest BCUT2D eigenvalue weighted by Gasteiger charge is 2.44. The Morgan fingerprint density at radius 2 is 1.91 bits per heavy atom. The van der Waals surface area contributed by atoms with E-state index in [0.717, 1.165) is 30.5 Å². The molecule has 0 aromatic heterocycles. The molecule has 2 fully saturated rings. The van der Waals surface area contributed by atoms with Crippen molar-refractivity contribution in [3.8, 4) is 0 Å². The first-order chi connectivity index (χ1) is 11.0. The van der Waals surface area contributed by atoms with Crippen LogP contribution in [0.3, 0.4) is 0 Å². The number of carbonyl (C=O) groups excluding carboxylic acids is 1. The number of rotatable bonds is 4. The SMILES string of the molecule is COC(=O)[C@@H]1C[C@H]1c1ccc(NC2CCCS(=O)(=O)CC2)cc1. The van der Waals surface area contributed by atoms with Crippen LogP contribution in [-0.2, 0) is 19.4 Å². The first-order valence-electron chi connectivity index (χ1n) is 8.13. The molecule has 126 valence electrons. The normalized spacial score (nSPS) is 29.3. The van der Waals surface area contributed by atoms with Gasteiger partial charge in [0.05, 0.1) is 24.5 Å². The Bertz CT molecular complexity index is 668. The lowest BCUT2D eigenvalue weighted by atomic mass is 10.1. The van der Waals surface area contributed by atoms with E-state index in [-0.39, 0.29) is 29.6 Å². The fourth-order valence-electron chi connectivity index (χ4n) is 3.30. The molecule has 1 aromatic carbocycles. The van der Waals surface area contributed by atoms with E-state index >= 15 is 0 Å². The molecule has 0 spiro atoms. The minimum Gasteiger partial charge on any atom is -0.469 e. The average molecular weight is 337 g/mol. The second-order valence-corrected chi connectivity index (χ2v) is 8.82. The van der Waals surface area contributed by atoms with Crippen LogP contribution in [0.5, 0.6) is 0 Å². The van der Waals surface area contributed by atoms with E-state index in [1.807, 2.05) is 24.3 Å². The number of hydrogen-bond donors (Lipinski definition) is 1. The van der Waals surface area contributed by atoms with E-state index in [0.29, 0.717) is 12.2 Å².